The zero-order valence-electron chi connectivity index (χ0n) is 25.1. The van der Waals surface area contributed by atoms with Gasteiger partial charge in [0.1, 0.15) is 5.75 Å². The summed E-state index contributed by atoms with van der Waals surface area (Å²) in [7, 11) is -0.313. The van der Waals surface area contributed by atoms with E-state index in [9.17, 15) is 5.11 Å². The van der Waals surface area contributed by atoms with Crippen molar-refractivity contribution in [2.24, 2.45) is 17.8 Å². The Morgan fingerprint density at radius 3 is 2.30 bits per heavy atom. The molecule has 212 valence electrons. The van der Waals surface area contributed by atoms with E-state index in [0.29, 0.717) is 19.8 Å². The summed E-state index contributed by atoms with van der Waals surface area (Å²) in [6, 6.07) is 7.96. The number of methoxy groups -OCH3 is 1. The van der Waals surface area contributed by atoms with Gasteiger partial charge in [0.05, 0.1) is 32.5 Å². The summed E-state index contributed by atoms with van der Waals surface area (Å²) >= 11 is 0. The fraction of sp³-hybridized carbons (Fsp3) is 0.733. The van der Waals surface area contributed by atoms with Gasteiger partial charge in [-0.3, -0.25) is 0 Å². The Labute approximate surface area is 226 Å². The van der Waals surface area contributed by atoms with Crippen LogP contribution in [0.2, 0.25) is 18.1 Å². The van der Waals surface area contributed by atoms with E-state index in [-0.39, 0.29) is 41.6 Å². The second kappa shape index (κ2) is 13.2. The molecule has 0 saturated carbocycles. The van der Waals surface area contributed by atoms with Gasteiger partial charge in [-0.1, -0.05) is 52.8 Å². The average Bonchev–Trinajstić information content (AvgIpc) is 2.81. The predicted molar refractivity (Wildman–Crippen MR) is 152 cm³/mol. The first-order chi connectivity index (χ1) is 17.1. The maximum Gasteiger partial charge on any atom is 0.191 e. The summed E-state index contributed by atoms with van der Waals surface area (Å²) < 4.78 is 31.3. The molecule has 6 nitrogen and oxygen atoms in total. The number of aliphatic hydroxyl groups is 1. The zero-order valence-corrected chi connectivity index (χ0v) is 26.1. The summed E-state index contributed by atoms with van der Waals surface area (Å²) in [5.74, 6) is 0.276. The van der Waals surface area contributed by atoms with Gasteiger partial charge in [0.25, 0.3) is 0 Å². The van der Waals surface area contributed by atoms with Gasteiger partial charge >= 0.3 is 0 Å². The van der Waals surface area contributed by atoms with Gasteiger partial charge < -0.3 is 28.5 Å². The highest BCUT2D eigenvalue weighted by atomic mass is 28.4. The Hall–Kier alpha value is -1.22. The molecule has 1 aliphatic rings. The SMILES string of the molecule is COc1ccc(COC[C@@H](C)[C@@H]2OC(C)(C)O[C@H](/C(C)=C/[C@@H](C)CO)[C@H]2CO[Si](C)(C)C(C)(C)C)cc1. The molecule has 7 heteroatoms. The van der Waals surface area contributed by atoms with Crippen LogP contribution >= 0.6 is 0 Å². The van der Waals surface area contributed by atoms with Crippen LogP contribution in [-0.4, -0.2) is 58.3 Å². The number of aliphatic hydroxyl groups excluding tert-OH is 1. The summed E-state index contributed by atoms with van der Waals surface area (Å²) in [5.41, 5.74) is 2.21. The van der Waals surface area contributed by atoms with Crippen LogP contribution < -0.4 is 4.74 Å². The van der Waals surface area contributed by atoms with Crippen LogP contribution in [0, 0.1) is 17.8 Å². The van der Waals surface area contributed by atoms with Gasteiger partial charge in [0.2, 0.25) is 0 Å². The molecule has 0 aliphatic carbocycles. The zero-order chi connectivity index (χ0) is 28.0. The van der Waals surface area contributed by atoms with E-state index in [1.165, 1.54) is 0 Å². The van der Waals surface area contributed by atoms with E-state index in [1.54, 1.807) is 7.11 Å². The lowest BCUT2D eigenvalue weighted by Crippen LogP contribution is -2.56. The molecule has 0 aromatic heterocycles. The smallest absolute Gasteiger partial charge is 0.191 e. The summed E-state index contributed by atoms with van der Waals surface area (Å²) in [4.78, 5) is 0. The van der Waals surface area contributed by atoms with E-state index >= 15 is 0 Å². The molecule has 5 atom stereocenters. The van der Waals surface area contributed by atoms with Gasteiger partial charge in [-0.05, 0) is 68.1 Å². The average molecular weight is 537 g/mol. The van der Waals surface area contributed by atoms with Gasteiger partial charge in [0.15, 0.2) is 14.1 Å². The molecule has 1 aromatic rings. The lowest BCUT2D eigenvalue weighted by atomic mass is 9.83. The number of hydrogen-bond acceptors (Lipinski definition) is 6. The Morgan fingerprint density at radius 1 is 1.14 bits per heavy atom. The molecule has 0 spiro atoms. The summed E-state index contributed by atoms with van der Waals surface area (Å²) in [6.45, 7) is 23.3. The molecule has 0 amide bonds. The topological polar surface area (TPSA) is 66.4 Å². The molecule has 0 unspecified atom stereocenters. The Morgan fingerprint density at radius 2 is 1.76 bits per heavy atom. The van der Waals surface area contributed by atoms with Crippen LogP contribution in [0.1, 0.15) is 61.0 Å². The van der Waals surface area contributed by atoms with Crippen molar-refractivity contribution in [2.45, 2.75) is 98.1 Å². The predicted octanol–water partition coefficient (Wildman–Crippen LogP) is 6.58. The van der Waals surface area contributed by atoms with Crippen molar-refractivity contribution in [2.75, 3.05) is 26.9 Å². The maximum absolute atomic E-state index is 9.66. The number of rotatable bonds is 12. The second-order valence-electron chi connectivity index (χ2n) is 12.7. The van der Waals surface area contributed by atoms with Crippen LogP contribution in [0.3, 0.4) is 0 Å². The van der Waals surface area contributed by atoms with Crippen molar-refractivity contribution in [3.63, 3.8) is 0 Å². The Balaban J connectivity index is 2.25. The van der Waals surface area contributed by atoms with E-state index in [1.807, 2.05) is 45.0 Å². The van der Waals surface area contributed by atoms with E-state index in [0.717, 1.165) is 16.9 Å². The molecule has 1 N–H and O–H groups in total. The van der Waals surface area contributed by atoms with Crippen LogP contribution in [0.15, 0.2) is 35.9 Å². The summed E-state index contributed by atoms with van der Waals surface area (Å²) in [5, 5.41) is 9.77. The van der Waals surface area contributed by atoms with Gasteiger partial charge in [-0.15, -0.1) is 0 Å². The van der Waals surface area contributed by atoms with Crippen molar-refractivity contribution in [1.29, 1.82) is 0 Å². The number of benzene rings is 1. The van der Waals surface area contributed by atoms with E-state index in [2.05, 4.69) is 53.8 Å². The highest BCUT2D eigenvalue weighted by Crippen LogP contribution is 2.41. The highest BCUT2D eigenvalue weighted by Gasteiger charge is 2.47. The minimum Gasteiger partial charge on any atom is -0.497 e. The maximum atomic E-state index is 9.66. The normalized spacial score (nSPS) is 24.5. The molecule has 2 rings (SSSR count). The third-order valence-corrected chi connectivity index (χ3v) is 12.2. The van der Waals surface area contributed by atoms with Crippen molar-refractivity contribution < 1.29 is 28.5 Å². The van der Waals surface area contributed by atoms with Crippen LogP contribution in [0.25, 0.3) is 0 Å². The van der Waals surface area contributed by atoms with Crippen LogP contribution in [0.4, 0.5) is 0 Å². The molecular formula is C30H52O6Si. The lowest BCUT2D eigenvalue weighted by Gasteiger charge is -2.49. The molecule has 1 aromatic carbocycles. The third-order valence-electron chi connectivity index (χ3n) is 7.74. The first kappa shape index (κ1) is 32.0. The molecular weight excluding hydrogens is 484 g/mol. The summed E-state index contributed by atoms with van der Waals surface area (Å²) in [6.07, 6.45) is 1.84. The Kier molecular flexibility index (Phi) is 11.4. The quantitative estimate of drug-likeness (QED) is 0.240. The first-order valence-electron chi connectivity index (χ1n) is 13.6. The first-order valence-corrected chi connectivity index (χ1v) is 16.5. The van der Waals surface area contributed by atoms with Crippen molar-refractivity contribution >= 4 is 8.32 Å². The lowest BCUT2D eigenvalue weighted by molar-refractivity contribution is -0.326. The monoisotopic (exact) mass is 536 g/mol. The minimum absolute atomic E-state index is 0.00359. The molecule has 1 aliphatic heterocycles. The van der Waals surface area contributed by atoms with E-state index < -0.39 is 14.1 Å². The van der Waals surface area contributed by atoms with Gasteiger partial charge in [-0.25, -0.2) is 0 Å². The molecule has 0 radical (unpaired) electrons. The fourth-order valence-electron chi connectivity index (χ4n) is 4.46. The standard InChI is InChI=1S/C30H52O6Si/c1-21(17-31)16-22(2)27-26(20-34-37(10,11)29(4,5)6)28(36-30(7,8)35-27)23(3)18-33-19-24-12-14-25(32-9)15-13-24/h12-16,21,23,26-28,31H,17-20H2,1-11H3/b22-16+/t21-,23-,26-,27-,28+/m1/s1. The van der Waals surface area contributed by atoms with Crippen molar-refractivity contribution in [1.82, 2.24) is 0 Å². The van der Waals surface area contributed by atoms with Crippen LogP contribution in [0.5, 0.6) is 5.75 Å². The molecule has 0 bridgehead atoms. The molecule has 1 heterocycles. The third kappa shape index (κ3) is 9.19. The van der Waals surface area contributed by atoms with Crippen LogP contribution in [-0.2, 0) is 25.2 Å². The van der Waals surface area contributed by atoms with Gasteiger partial charge in [-0.2, -0.15) is 0 Å². The number of ether oxygens (including phenoxy) is 4. The fourth-order valence-corrected chi connectivity index (χ4v) is 5.50. The Bertz CT molecular complexity index is 858. The highest BCUT2D eigenvalue weighted by molar-refractivity contribution is 6.74. The molecule has 1 fully saturated rings. The van der Waals surface area contributed by atoms with E-state index in [4.69, 9.17) is 23.4 Å². The van der Waals surface area contributed by atoms with Crippen molar-refractivity contribution in [3.05, 3.63) is 41.5 Å². The molecule has 1 saturated heterocycles. The molecule has 37 heavy (non-hydrogen) atoms. The van der Waals surface area contributed by atoms with Crippen molar-refractivity contribution in [3.8, 4) is 5.75 Å². The largest absolute Gasteiger partial charge is 0.497 e. The minimum atomic E-state index is -1.98. The second-order valence-corrected chi connectivity index (χ2v) is 17.5. The number of hydrogen-bond donors (Lipinski definition) is 1. The van der Waals surface area contributed by atoms with Gasteiger partial charge in [0, 0.05) is 25.0 Å².